The van der Waals surface area contributed by atoms with Gasteiger partial charge in [-0.3, -0.25) is 4.79 Å². The molecule has 0 bridgehead atoms. The van der Waals surface area contributed by atoms with Crippen LogP contribution in [0.2, 0.25) is 0 Å². The van der Waals surface area contributed by atoms with Gasteiger partial charge in [0.25, 0.3) is 0 Å². The lowest BCUT2D eigenvalue weighted by Crippen LogP contribution is -2.26. The summed E-state index contributed by atoms with van der Waals surface area (Å²) in [6.45, 7) is 2.82. The molecule has 1 N–H and O–H groups in total. The number of nitrogens with one attached hydrogen (secondary N) is 1. The molecule has 20 heavy (non-hydrogen) atoms. The molecule has 2 rings (SSSR count). The van der Waals surface area contributed by atoms with Crippen LogP contribution in [0.15, 0.2) is 24.3 Å². The standard InChI is InChI=1S/C16H24N2O2/c1-18(12-14-3-6-15(20-2)7-4-14)16(19)8-5-13-9-10-17-11-13/h3-4,6-7,13,17H,5,8-12H2,1-2H3. The zero-order valence-corrected chi connectivity index (χ0v) is 12.4. The molecule has 0 aromatic heterocycles. The fourth-order valence-electron chi connectivity index (χ4n) is 2.57. The average molecular weight is 276 g/mol. The lowest BCUT2D eigenvalue weighted by atomic mass is 10.0. The first kappa shape index (κ1) is 14.9. The van der Waals surface area contributed by atoms with Crippen molar-refractivity contribution in [1.82, 2.24) is 10.2 Å². The van der Waals surface area contributed by atoms with E-state index < -0.39 is 0 Å². The molecule has 0 aliphatic carbocycles. The minimum Gasteiger partial charge on any atom is -0.497 e. The van der Waals surface area contributed by atoms with Crippen LogP contribution in [-0.2, 0) is 11.3 Å². The van der Waals surface area contributed by atoms with Crippen molar-refractivity contribution in [2.24, 2.45) is 5.92 Å². The Hall–Kier alpha value is -1.55. The molecular formula is C16H24N2O2. The second-order valence-corrected chi connectivity index (χ2v) is 5.50. The molecule has 1 fully saturated rings. The number of carbonyl (C=O) groups is 1. The third-order valence-electron chi connectivity index (χ3n) is 3.93. The first-order valence-electron chi connectivity index (χ1n) is 7.26. The predicted octanol–water partition coefficient (Wildman–Crippen LogP) is 2.04. The van der Waals surface area contributed by atoms with Crippen LogP contribution in [0.25, 0.3) is 0 Å². The summed E-state index contributed by atoms with van der Waals surface area (Å²) in [6, 6.07) is 7.86. The summed E-state index contributed by atoms with van der Waals surface area (Å²) in [6.07, 6.45) is 2.85. The Morgan fingerprint density at radius 3 is 2.75 bits per heavy atom. The van der Waals surface area contributed by atoms with Gasteiger partial charge in [-0.2, -0.15) is 0 Å². The Morgan fingerprint density at radius 1 is 1.40 bits per heavy atom. The Bertz CT molecular complexity index is 425. The number of hydrogen-bond acceptors (Lipinski definition) is 3. The van der Waals surface area contributed by atoms with Gasteiger partial charge in [-0.25, -0.2) is 0 Å². The molecular weight excluding hydrogens is 252 g/mol. The van der Waals surface area contributed by atoms with Crippen molar-refractivity contribution in [3.05, 3.63) is 29.8 Å². The van der Waals surface area contributed by atoms with Crippen molar-refractivity contribution in [3.8, 4) is 5.75 Å². The summed E-state index contributed by atoms with van der Waals surface area (Å²) in [4.78, 5) is 13.9. The molecule has 1 amide bonds. The van der Waals surface area contributed by atoms with E-state index in [-0.39, 0.29) is 5.91 Å². The number of nitrogens with zero attached hydrogens (tertiary/aromatic N) is 1. The molecule has 1 unspecified atom stereocenters. The van der Waals surface area contributed by atoms with Crippen molar-refractivity contribution >= 4 is 5.91 Å². The van der Waals surface area contributed by atoms with Crippen molar-refractivity contribution in [3.63, 3.8) is 0 Å². The fraction of sp³-hybridized carbons (Fsp3) is 0.562. The van der Waals surface area contributed by atoms with E-state index >= 15 is 0 Å². The normalized spacial score (nSPS) is 18.0. The van der Waals surface area contributed by atoms with E-state index in [9.17, 15) is 4.79 Å². The van der Waals surface area contributed by atoms with Gasteiger partial charge in [0.1, 0.15) is 5.75 Å². The van der Waals surface area contributed by atoms with Crippen LogP contribution in [0.4, 0.5) is 0 Å². The smallest absolute Gasteiger partial charge is 0.222 e. The maximum absolute atomic E-state index is 12.1. The maximum Gasteiger partial charge on any atom is 0.222 e. The van der Waals surface area contributed by atoms with E-state index in [2.05, 4.69) is 5.32 Å². The molecule has 1 aliphatic rings. The third kappa shape index (κ3) is 4.23. The Morgan fingerprint density at radius 2 is 2.15 bits per heavy atom. The molecule has 1 aromatic rings. The van der Waals surface area contributed by atoms with Crippen LogP contribution >= 0.6 is 0 Å². The molecule has 0 saturated carbocycles. The summed E-state index contributed by atoms with van der Waals surface area (Å²) in [5.41, 5.74) is 1.13. The van der Waals surface area contributed by atoms with E-state index in [4.69, 9.17) is 4.74 Å². The van der Waals surface area contributed by atoms with Crippen molar-refractivity contribution in [2.75, 3.05) is 27.2 Å². The zero-order chi connectivity index (χ0) is 14.4. The van der Waals surface area contributed by atoms with E-state index in [1.54, 1.807) is 7.11 Å². The number of benzene rings is 1. The average Bonchev–Trinajstić information content (AvgIpc) is 2.98. The van der Waals surface area contributed by atoms with E-state index in [0.29, 0.717) is 18.9 Å². The molecule has 1 heterocycles. The van der Waals surface area contributed by atoms with Gasteiger partial charge in [0.05, 0.1) is 7.11 Å². The van der Waals surface area contributed by atoms with Gasteiger partial charge in [0, 0.05) is 20.0 Å². The molecule has 110 valence electrons. The minimum absolute atomic E-state index is 0.229. The number of amides is 1. The highest BCUT2D eigenvalue weighted by Crippen LogP contribution is 2.16. The number of rotatable bonds is 6. The van der Waals surface area contributed by atoms with Gasteiger partial charge in [0.2, 0.25) is 5.91 Å². The Labute approximate surface area is 121 Å². The monoisotopic (exact) mass is 276 g/mol. The zero-order valence-electron chi connectivity index (χ0n) is 12.4. The van der Waals surface area contributed by atoms with Gasteiger partial charge < -0.3 is 15.0 Å². The molecule has 1 aliphatic heterocycles. The van der Waals surface area contributed by atoms with Crippen LogP contribution in [-0.4, -0.2) is 38.1 Å². The Kier molecular flexibility index (Phi) is 5.41. The molecule has 0 spiro atoms. The second-order valence-electron chi connectivity index (χ2n) is 5.50. The molecule has 1 aromatic carbocycles. The summed E-state index contributed by atoms with van der Waals surface area (Å²) < 4.78 is 5.13. The highest BCUT2D eigenvalue weighted by molar-refractivity contribution is 5.75. The van der Waals surface area contributed by atoms with Crippen molar-refractivity contribution in [2.45, 2.75) is 25.8 Å². The highest BCUT2D eigenvalue weighted by atomic mass is 16.5. The highest BCUT2D eigenvalue weighted by Gasteiger charge is 2.17. The minimum atomic E-state index is 0.229. The van der Waals surface area contributed by atoms with E-state index in [0.717, 1.165) is 30.8 Å². The van der Waals surface area contributed by atoms with Gasteiger partial charge in [-0.1, -0.05) is 12.1 Å². The summed E-state index contributed by atoms with van der Waals surface area (Å²) >= 11 is 0. The predicted molar refractivity (Wildman–Crippen MR) is 79.7 cm³/mol. The molecule has 1 saturated heterocycles. The first-order valence-corrected chi connectivity index (χ1v) is 7.26. The summed E-state index contributed by atoms with van der Waals surface area (Å²) in [5.74, 6) is 1.75. The second kappa shape index (κ2) is 7.29. The maximum atomic E-state index is 12.1. The molecule has 1 atom stereocenters. The largest absolute Gasteiger partial charge is 0.497 e. The lowest BCUT2D eigenvalue weighted by molar-refractivity contribution is -0.130. The summed E-state index contributed by atoms with van der Waals surface area (Å²) in [7, 11) is 3.53. The van der Waals surface area contributed by atoms with Crippen LogP contribution in [0.1, 0.15) is 24.8 Å². The van der Waals surface area contributed by atoms with Gasteiger partial charge in [0.15, 0.2) is 0 Å². The molecule has 4 nitrogen and oxygen atoms in total. The van der Waals surface area contributed by atoms with Gasteiger partial charge in [-0.05, 0) is 49.5 Å². The third-order valence-corrected chi connectivity index (χ3v) is 3.93. The van der Waals surface area contributed by atoms with Crippen LogP contribution < -0.4 is 10.1 Å². The first-order chi connectivity index (χ1) is 9.69. The van der Waals surface area contributed by atoms with E-state index in [1.165, 1.54) is 6.42 Å². The van der Waals surface area contributed by atoms with Crippen molar-refractivity contribution in [1.29, 1.82) is 0 Å². The number of hydrogen-bond donors (Lipinski definition) is 1. The number of ether oxygens (including phenoxy) is 1. The van der Waals surface area contributed by atoms with E-state index in [1.807, 2.05) is 36.2 Å². The molecule has 0 radical (unpaired) electrons. The van der Waals surface area contributed by atoms with Crippen molar-refractivity contribution < 1.29 is 9.53 Å². The van der Waals surface area contributed by atoms with Gasteiger partial charge >= 0.3 is 0 Å². The number of methoxy groups -OCH3 is 1. The lowest BCUT2D eigenvalue weighted by Gasteiger charge is -2.18. The number of carbonyl (C=O) groups excluding carboxylic acids is 1. The topological polar surface area (TPSA) is 41.6 Å². The SMILES string of the molecule is COc1ccc(CN(C)C(=O)CCC2CCNC2)cc1. The van der Waals surface area contributed by atoms with Crippen LogP contribution in [0.5, 0.6) is 5.75 Å². The molecule has 4 heteroatoms. The Balaban J connectivity index is 1.77. The summed E-state index contributed by atoms with van der Waals surface area (Å²) in [5, 5.41) is 3.34. The fourth-order valence-corrected chi connectivity index (χ4v) is 2.57. The quantitative estimate of drug-likeness (QED) is 0.864. The van der Waals surface area contributed by atoms with Gasteiger partial charge in [-0.15, -0.1) is 0 Å². The van der Waals surface area contributed by atoms with Crippen LogP contribution in [0.3, 0.4) is 0 Å². The van der Waals surface area contributed by atoms with Crippen LogP contribution in [0, 0.1) is 5.92 Å².